The predicted octanol–water partition coefficient (Wildman–Crippen LogP) is 1.44. The van der Waals surface area contributed by atoms with Crippen LogP contribution in [0.25, 0.3) is 0 Å². The molecule has 0 bridgehead atoms. The van der Waals surface area contributed by atoms with Gasteiger partial charge < -0.3 is 15.5 Å². The number of aliphatic hydroxyl groups is 1. The lowest BCUT2D eigenvalue weighted by atomic mass is 9.79. The van der Waals surface area contributed by atoms with Crippen molar-refractivity contribution in [1.82, 2.24) is 10.6 Å². The second-order valence-corrected chi connectivity index (χ2v) is 6.39. The van der Waals surface area contributed by atoms with E-state index in [4.69, 9.17) is 0 Å². The minimum Gasteiger partial charge on any atom is -0.480 e. The Labute approximate surface area is 138 Å². The van der Waals surface area contributed by atoms with Gasteiger partial charge in [0.05, 0.1) is 11.6 Å². The first-order chi connectivity index (χ1) is 10.8. The fraction of sp³-hybridized carbons (Fsp3) is 0.765. The number of aliphatic carboxylic acids is 1. The molecule has 4 N–H and O–H groups in total. The predicted molar refractivity (Wildman–Crippen MR) is 89.0 cm³/mol. The zero-order valence-corrected chi connectivity index (χ0v) is 14.5. The quantitative estimate of drug-likeness (QED) is 0.506. The number of carboxylic acids is 1. The number of carbonyl (C=O) groups excluding carboxylic acids is 1. The summed E-state index contributed by atoms with van der Waals surface area (Å²) in [4.78, 5) is 23.0. The number of rotatable bonds is 8. The third kappa shape index (κ3) is 4.78. The largest absolute Gasteiger partial charge is 0.480 e. The summed E-state index contributed by atoms with van der Waals surface area (Å²) >= 11 is 0. The molecule has 0 aromatic rings. The molecule has 0 aromatic heterocycles. The van der Waals surface area contributed by atoms with Crippen LogP contribution in [0.1, 0.15) is 53.4 Å². The number of carboxylic acid groups (broad SMARTS) is 1. The molecule has 1 heterocycles. The van der Waals surface area contributed by atoms with Gasteiger partial charge in [0.1, 0.15) is 6.04 Å². The molecule has 132 valence electrons. The molecule has 5 unspecified atom stereocenters. The van der Waals surface area contributed by atoms with Crippen LogP contribution < -0.4 is 10.6 Å². The van der Waals surface area contributed by atoms with Crippen molar-refractivity contribution in [2.45, 2.75) is 77.1 Å². The van der Waals surface area contributed by atoms with Crippen LogP contribution >= 0.6 is 0 Å². The second kappa shape index (κ2) is 8.45. The molecule has 1 aliphatic heterocycles. The Balaban J connectivity index is 3.16. The third-order valence-electron chi connectivity index (χ3n) is 4.69. The summed E-state index contributed by atoms with van der Waals surface area (Å²) in [6, 6.07) is -1.51. The maximum absolute atomic E-state index is 11.7. The molecule has 6 heteroatoms. The van der Waals surface area contributed by atoms with E-state index in [2.05, 4.69) is 10.6 Å². The van der Waals surface area contributed by atoms with E-state index in [0.29, 0.717) is 19.3 Å². The fourth-order valence-corrected chi connectivity index (χ4v) is 3.57. The number of allylic oxidation sites excluding steroid dienone is 1. The number of nitrogens with one attached hydrogen (secondary N) is 2. The van der Waals surface area contributed by atoms with Gasteiger partial charge in [0.15, 0.2) is 0 Å². The van der Waals surface area contributed by atoms with Crippen LogP contribution in [0.3, 0.4) is 0 Å². The van der Waals surface area contributed by atoms with Gasteiger partial charge in [-0.3, -0.25) is 14.9 Å². The van der Waals surface area contributed by atoms with E-state index < -0.39 is 23.7 Å². The summed E-state index contributed by atoms with van der Waals surface area (Å²) < 4.78 is 0. The highest BCUT2D eigenvalue weighted by molar-refractivity contribution is 5.75. The van der Waals surface area contributed by atoms with Gasteiger partial charge >= 0.3 is 5.97 Å². The first-order valence-corrected chi connectivity index (χ1v) is 8.40. The maximum Gasteiger partial charge on any atom is 0.320 e. The Bertz CT molecular complexity index is 452. The van der Waals surface area contributed by atoms with Gasteiger partial charge in [-0.1, -0.05) is 32.4 Å². The van der Waals surface area contributed by atoms with E-state index in [0.717, 1.165) is 6.42 Å². The zero-order chi connectivity index (χ0) is 17.6. The number of hydrogen-bond donors (Lipinski definition) is 4. The van der Waals surface area contributed by atoms with Crippen LogP contribution in [-0.4, -0.2) is 45.8 Å². The van der Waals surface area contributed by atoms with E-state index in [-0.39, 0.29) is 17.9 Å². The number of hydrogen-bond acceptors (Lipinski definition) is 4. The lowest BCUT2D eigenvalue weighted by Gasteiger charge is -2.41. The average Bonchev–Trinajstić information content (AvgIpc) is 2.89. The summed E-state index contributed by atoms with van der Waals surface area (Å²) in [6.07, 6.45) is 6.12. The SMILES string of the molecule is C/C=C/C1CC(C(=O)O)NC1C(NC(C)=O)C(O)(CC)CCC. The Hall–Kier alpha value is -1.40. The Morgan fingerprint density at radius 1 is 1.43 bits per heavy atom. The molecule has 1 aliphatic rings. The van der Waals surface area contributed by atoms with Crippen LogP contribution in [0.2, 0.25) is 0 Å². The van der Waals surface area contributed by atoms with Crippen molar-refractivity contribution in [3.05, 3.63) is 12.2 Å². The van der Waals surface area contributed by atoms with Gasteiger partial charge in [0, 0.05) is 13.0 Å². The summed E-state index contributed by atoms with van der Waals surface area (Å²) in [5, 5.41) is 26.4. The minimum absolute atomic E-state index is 0.0483. The second-order valence-electron chi connectivity index (χ2n) is 6.39. The van der Waals surface area contributed by atoms with E-state index in [9.17, 15) is 19.8 Å². The number of carbonyl (C=O) groups is 2. The van der Waals surface area contributed by atoms with E-state index in [1.165, 1.54) is 6.92 Å². The van der Waals surface area contributed by atoms with Gasteiger partial charge in [-0.15, -0.1) is 0 Å². The standard InChI is InChI=1S/C17H30N2O4/c1-5-8-12-10-13(16(21)22)19-14(12)15(18-11(4)20)17(23,7-3)9-6-2/h5,8,12-15,19,23H,6-7,9-10H2,1-4H3,(H,18,20)(H,21,22)/b8-5+. The van der Waals surface area contributed by atoms with Crippen molar-refractivity contribution < 1.29 is 19.8 Å². The Morgan fingerprint density at radius 2 is 2.09 bits per heavy atom. The zero-order valence-electron chi connectivity index (χ0n) is 14.5. The van der Waals surface area contributed by atoms with Gasteiger partial charge in [0.25, 0.3) is 0 Å². The van der Waals surface area contributed by atoms with Crippen molar-refractivity contribution in [2.24, 2.45) is 5.92 Å². The first-order valence-electron chi connectivity index (χ1n) is 8.40. The molecule has 0 spiro atoms. The average molecular weight is 326 g/mol. The molecular formula is C17H30N2O4. The van der Waals surface area contributed by atoms with Crippen molar-refractivity contribution >= 4 is 11.9 Å². The highest BCUT2D eigenvalue weighted by atomic mass is 16.4. The molecular weight excluding hydrogens is 296 g/mol. The van der Waals surface area contributed by atoms with Crippen LogP contribution in [0, 0.1) is 5.92 Å². The van der Waals surface area contributed by atoms with Gasteiger partial charge in [0.2, 0.25) is 5.91 Å². The molecule has 1 fully saturated rings. The normalized spacial score (nSPS) is 28.5. The molecule has 0 aliphatic carbocycles. The molecule has 1 amide bonds. The number of amides is 1. The molecule has 1 rings (SSSR count). The van der Waals surface area contributed by atoms with Gasteiger partial charge in [-0.2, -0.15) is 0 Å². The maximum atomic E-state index is 11.7. The molecule has 1 saturated heterocycles. The molecule has 5 atom stereocenters. The molecule has 0 aromatic carbocycles. The first kappa shape index (κ1) is 19.6. The van der Waals surface area contributed by atoms with Crippen molar-refractivity contribution in [3.8, 4) is 0 Å². The van der Waals surface area contributed by atoms with Gasteiger partial charge in [-0.05, 0) is 32.1 Å². The summed E-state index contributed by atoms with van der Waals surface area (Å²) in [5.41, 5.74) is -1.06. The van der Waals surface area contributed by atoms with Crippen molar-refractivity contribution in [3.63, 3.8) is 0 Å². The third-order valence-corrected chi connectivity index (χ3v) is 4.69. The Kier molecular flexibility index (Phi) is 7.22. The van der Waals surface area contributed by atoms with Crippen LogP contribution in [0.4, 0.5) is 0 Å². The monoisotopic (exact) mass is 326 g/mol. The van der Waals surface area contributed by atoms with Crippen LogP contribution in [0.5, 0.6) is 0 Å². The fourth-order valence-electron chi connectivity index (χ4n) is 3.57. The van der Waals surface area contributed by atoms with Crippen LogP contribution in [-0.2, 0) is 9.59 Å². The summed E-state index contributed by atoms with van der Waals surface area (Å²) in [6.45, 7) is 7.18. The lowest BCUT2D eigenvalue weighted by molar-refractivity contribution is -0.139. The Morgan fingerprint density at radius 3 is 2.52 bits per heavy atom. The minimum atomic E-state index is -1.06. The van der Waals surface area contributed by atoms with Gasteiger partial charge in [-0.25, -0.2) is 0 Å². The van der Waals surface area contributed by atoms with Crippen molar-refractivity contribution in [1.29, 1.82) is 0 Å². The molecule has 6 nitrogen and oxygen atoms in total. The summed E-state index contributed by atoms with van der Waals surface area (Å²) in [7, 11) is 0. The van der Waals surface area contributed by atoms with Crippen molar-refractivity contribution in [2.75, 3.05) is 0 Å². The van der Waals surface area contributed by atoms with E-state index >= 15 is 0 Å². The molecule has 23 heavy (non-hydrogen) atoms. The molecule has 0 radical (unpaired) electrons. The highest BCUT2D eigenvalue weighted by Crippen LogP contribution is 2.32. The molecule has 0 saturated carbocycles. The smallest absolute Gasteiger partial charge is 0.320 e. The lowest BCUT2D eigenvalue weighted by Crippen LogP contribution is -2.62. The summed E-state index contributed by atoms with van der Waals surface area (Å²) in [5.74, 6) is -1.18. The topological polar surface area (TPSA) is 98.7 Å². The highest BCUT2D eigenvalue weighted by Gasteiger charge is 2.47. The van der Waals surface area contributed by atoms with Crippen LogP contribution in [0.15, 0.2) is 12.2 Å². The van der Waals surface area contributed by atoms with E-state index in [1.54, 1.807) is 0 Å². The van der Waals surface area contributed by atoms with E-state index in [1.807, 2.05) is 32.9 Å².